The average Bonchev–Trinajstić information content (AvgIpc) is 3.91. The highest BCUT2D eigenvalue weighted by molar-refractivity contribution is 6.24. The van der Waals surface area contributed by atoms with E-state index in [1.807, 2.05) is 0 Å². The highest BCUT2D eigenvalue weighted by Gasteiger charge is 2.24. The molecule has 0 saturated heterocycles. The summed E-state index contributed by atoms with van der Waals surface area (Å²) >= 11 is 0. The third-order valence-corrected chi connectivity index (χ3v) is 12.6. The van der Waals surface area contributed by atoms with Gasteiger partial charge in [0.1, 0.15) is 0 Å². The monoisotopic (exact) mass is 726 g/mol. The van der Waals surface area contributed by atoms with Crippen molar-refractivity contribution < 1.29 is 0 Å². The smallest absolute Gasteiger partial charge is 0.0546 e. The molecule has 276 valence electrons. The minimum atomic E-state index is 0.476. The first-order valence-electron chi connectivity index (χ1n) is 20.8. The van der Waals surface area contributed by atoms with Crippen LogP contribution in [0.5, 0.6) is 0 Å². The second-order valence-corrected chi connectivity index (χ2v) is 16.8. The lowest BCUT2D eigenvalue weighted by atomic mass is 9.93. The molecule has 10 rings (SSSR count). The lowest BCUT2D eigenvalue weighted by Gasteiger charge is -2.30. The van der Waals surface area contributed by atoms with Gasteiger partial charge in [0.05, 0.1) is 11.4 Å². The summed E-state index contributed by atoms with van der Waals surface area (Å²) in [4.78, 5) is 5.03. The Kier molecular flexibility index (Phi) is 8.66. The number of hydrogen-bond donors (Lipinski definition) is 0. The van der Waals surface area contributed by atoms with Crippen LogP contribution in [0.1, 0.15) is 85.8 Å². The molecule has 0 radical (unpaired) electrons. The maximum atomic E-state index is 2.51. The van der Waals surface area contributed by atoms with Crippen LogP contribution in [-0.4, -0.2) is 0 Å². The summed E-state index contributed by atoms with van der Waals surface area (Å²) in [7, 11) is 0. The molecule has 2 aliphatic carbocycles. The van der Waals surface area contributed by atoms with Crippen LogP contribution in [0.25, 0.3) is 32.3 Å². The van der Waals surface area contributed by atoms with Gasteiger partial charge in [0, 0.05) is 33.5 Å². The van der Waals surface area contributed by atoms with E-state index in [0.29, 0.717) is 11.8 Å². The van der Waals surface area contributed by atoms with Crippen molar-refractivity contribution in [1.82, 2.24) is 0 Å². The van der Waals surface area contributed by atoms with Gasteiger partial charge >= 0.3 is 0 Å². The minimum absolute atomic E-state index is 0.476. The Bertz CT molecular complexity index is 2560. The van der Waals surface area contributed by atoms with Crippen LogP contribution >= 0.6 is 0 Å². The summed E-state index contributed by atoms with van der Waals surface area (Å²) in [5, 5.41) is 7.57. The minimum Gasteiger partial charge on any atom is -0.310 e. The predicted molar refractivity (Wildman–Crippen MR) is 241 cm³/mol. The van der Waals surface area contributed by atoms with E-state index in [4.69, 9.17) is 0 Å². The Morgan fingerprint density at radius 3 is 1.09 bits per heavy atom. The van der Waals surface area contributed by atoms with Crippen LogP contribution in [0.2, 0.25) is 0 Å². The maximum Gasteiger partial charge on any atom is 0.0546 e. The second-order valence-electron chi connectivity index (χ2n) is 16.8. The van der Waals surface area contributed by atoms with Gasteiger partial charge in [-0.25, -0.2) is 0 Å². The van der Waals surface area contributed by atoms with Gasteiger partial charge in [-0.3, -0.25) is 0 Å². The van der Waals surface area contributed by atoms with E-state index in [9.17, 15) is 0 Å². The lowest BCUT2D eigenvalue weighted by molar-refractivity contribution is 0.866. The molecule has 0 heterocycles. The van der Waals surface area contributed by atoms with Gasteiger partial charge < -0.3 is 9.80 Å². The fourth-order valence-electron chi connectivity index (χ4n) is 9.55. The Hall–Kier alpha value is -5.86. The van der Waals surface area contributed by atoms with Crippen LogP contribution in [0, 0.1) is 0 Å². The molecule has 2 nitrogen and oxygen atoms in total. The number of benzene rings is 8. The van der Waals surface area contributed by atoms with Crippen molar-refractivity contribution in [2.24, 2.45) is 0 Å². The molecule has 56 heavy (non-hydrogen) atoms. The van der Waals surface area contributed by atoms with Crippen LogP contribution in [0.4, 0.5) is 34.1 Å². The average molecular weight is 727 g/mol. The van der Waals surface area contributed by atoms with E-state index < -0.39 is 0 Å². The zero-order chi connectivity index (χ0) is 37.9. The Morgan fingerprint density at radius 2 is 0.696 bits per heavy atom. The van der Waals surface area contributed by atoms with Crippen LogP contribution < -0.4 is 9.80 Å². The van der Waals surface area contributed by atoms with Gasteiger partial charge in [-0.05, 0) is 166 Å². The third-order valence-electron chi connectivity index (χ3n) is 12.6. The fourth-order valence-corrected chi connectivity index (χ4v) is 9.55. The molecule has 0 amide bonds. The molecule has 8 aromatic carbocycles. The molecule has 2 heteroatoms. The summed E-state index contributed by atoms with van der Waals surface area (Å²) in [5.41, 5.74) is 15.9. The van der Waals surface area contributed by atoms with Gasteiger partial charge in [0.15, 0.2) is 0 Å². The Balaban J connectivity index is 1.24. The SMILES string of the molecule is CC(C)c1ccc(N(c2ccc3c(c2)CCC3)c2cc3c4ccccc4c(N(c4ccc(C(C)C)cc4)c4ccc5c(c4)CCC5)cc3c3ccccc23)cc1. The van der Waals surface area contributed by atoms with E-state index >= 15 is 0 Å². The molecule has 0 saturated carbocycles. The molecule has 0 fully saturated rings. The number of fused-ring (bicyclic) bond motifs is 7. The van der Waals surface area contributed by atoms with Crippen molar-refractivity contribution in [1.29, 1.82) is 0 Å². The number of hydrogen-bond acceptors (Lipinski definition) is 2. The van der Waals surface area contributed by atoms with E-state index in [1.54, 1.807) is 0 Å². The molecule has 8 aromatic rings. The predicted octanol–water partition coefficient (Wildman–Crippen LogP) is 15.3. The topological polar surface area (TPSA) is 6.48 Å². The fraction of sp³-hybridized carbons (Fsp3) is 0.222. The number of rotatable bonds is 8. The second kappa shape index (κ2) is 14.0. The number of aryl methyl sites for hydroxylation is 4. The maximum absolute atomic E-state index is 2.51. The summed E-state index contributed by atoms with van der Waals surface area (Å²) < 4.78 is 0. The first-order valence-corrected chi connectivity index (χ1v) is 20.8. The number of anilines is 6. The van der Waals surface area contributed by atoms with Crippen LogP contribution in [0.15, 0.2) is 146 Å². The molecular formula is C54H50N2. The highest BCUT2D eigenvalue weighted by Crippen LogP contribution is 2.48. The molecule has 2 aliphatic rings. The summed E-state index contributed by atoms with van der Waals surface area (Å²) in [6.07, 6.45) is 7.12. The normalized spacial score (nSPS) is 13.6. The van der Waals surface area contributed by atoms with Crippen molar-refractivity contribution in [3.63, 3.8) is 0 Å². The molecule has 0 aromatic heterocycles. The largest absolute Gasteiger partial charge is 0.310 e. The summed E-state index contributed by atoms with van der Waals surface area (Å²) in [6, 6.07) is 56.0. The zero-order valence-electron chi connectivity index (χ0n) is 33.1. The van der Waals surface area contributed by atoms with Gasteiger partial charge in [-0.1, -0.05) is 113 Å². The van der Waals surface area contributed by atoms with E-state index in [1.165, 1.54) is 126 Å². The van der Waals surface area contributed by atoms with Gasteiger partial charge in [-0.15, -0.1) is 0 Å². The first-order chi connectivity index (χ1) is 27.4. The third kappa shape index (κ3) is 5.95. The summed E-state index contributed by atoms with van der Waals surface area (Å²) in [6.45, 7) is 9.09. The molecular weight excluding hydrogens is 677 g/mol. The van der Waals surface area contributed by atoms with Gasteiger partial charge in [0.2, 0.25) is 0 Å². The molecule has 0 N–H and O–H groups in total. The van der Waals surface area contributed by atoms with E-state index in [0.717, 1.165) is 12.8 Å². The van der Waals surface area contributed by atoms with Crippen molar-refractivity contribution in [3.05, 3.63) is 179 Å². The van der Waals surface area contributed by atoms with Crippen molar-refractivity contribution in [3.8, 4) is 0 Å². The summed E-state index contributed by atoms with van der Waals surface area (Å²) in [5.74, 6) is 0.952. The van der Waals surface area contributed by atoms with Gasteiger partial charge in [-0.2, -0.15) is 0 Å². The van der Waals surface area contributed by atoms with Crippen LogP contribution in [-0.2, 0) is 25.7 Å². The molecule has 0 aliphatic heterocycles. The quantitative estimate of drug-likeness (QED) is 0.144. The van der Waals surface area contributed by atoms with Crippen LogP contribution in [0.3, 0.4) is 0 Å². The zero-order valence-corrected chi connectivity index (χ0v) is 33.1. The Morgan fingerprint density at radius 1 is 0.339 bits per heavy atom. The van der Waals surface area contributed by atoms with E-state index in [-0.39, 0.29) is 0 Å². The van der Waals surface area contributed by atoms with Crippen molar-refractivity contribution in [2.45, 2.75) is 78.1 Å². The molecule has 0 bridgehead atoms. The van der Waals surface area contributed by atoms with E-state index in [2.05, 4.69) is 183 Å². The molecule has 0 spiro atoms. The first kappa shape index (κ1) is 34.6. The highest BCUT2D eigenvalue weighted by atomic mass is 15.2. The molecule has 0 unspecified atom stereocenters. The van der Waals surface area contributed by atoms with Crippen molar-refractivity contribution in [2.75, 3.05) is 9.80 Å². The number of nitrogens with zero attached hydrogens (tertiary/aromatic N) is 2. The molecule has 0 atom stereocenters. The standard InChI is InChI=1S/C54H50N2/c1-35(2)37-19-25-43(26-20-37)55(45-29-23-39-11-9-13-41(39)31-45)53-33-51-48-16-6-8-18-50(48)54(34-52(51)47-15-5-7-17-49(47)53)56(44-27-21-38(22-28-44)36(3)4)46-30-24-40-12-10-14-42(40)32-46/h5-8,15-36H,9-14H2,1-4H3. The lowest BCUT2D eigenvalue weighted by Crippen LogP contribution is -2.12. The van der Waals surface area contributed by atoms with Crippen molar-refractivity contribution >= 4 is 66.4 Å². The Labute approximate surface area is 332 Å². The van der Waals surface area contributed by atoms with Gasteiger partial charge in [0.25, 0.3) is 0 Å².